The first-order valence-corrected chi connectivity index (χ1v) is 18.8. The molecule has 0 aliphatic heterocycles. The van der Waals surface area contributed by atoms with E-state index in [1.165, 1.54) is 4.57 Å². The number of nitrogens with one attached hydrogen (secondary N) is 1. The van der Waals surface area contributed by atoms with Gasteiger partial charge >= 0.3 is 0 Å². The van der Waals surface area contributed by atoms with E-state index in [4.69, 9.17) is 18.4 Å². The van der Waals surface area contributed by atoms with E-state index in [0.717, 1.165) is 28.0 Å². The second kappa shape index (κ2) is 12.9. The topological polar surface area (TPSA) is 118 Å². The molecule has 2 aromatic carbocycles. The van der Waals surface area contributed by atoms with Crippen molar-refractivity contribution in [1.29, 1.82) is 0 Å². The lowest BCUT2D eigenvalue weighted by atomic mass is 9.99. The molecule has 0 unspecified atom stereocenters. The van der Waals surface area contributed by atoms with Gasteiger partial charge in [-0.1, -0.05) is 25.9 Å². The van der Waals surface area contributed by atoms with Gasteiger partial charge in [0.05, 0.1) is 37.5 Å². The molecule has 0 aliphatic rings. The number of anilines is 1. The predicted molar refractivity (Wildman–Crippen MR) is 191 cm³/mol. The average Bonchev–Trinajstić information content (AvgIpc) is 3.36. The fourth-order valence-corrected chi connectivity index (χ4v) is 6.76. The van der Waals surface area contributed by atoms with Crippen LogP contribution in [-0.4, -0.2) is 43.2 Å². The molecule has 0 fully saturated rings. The van der Waals surface area contributed by atoms with Crippen LogP contribution in [0.4, 0.5) is 5.69 Å². The number of hydrogen-bond donors (Lipinski definition) is 1. The Hall–Kier alpha value is -4.90. The summed E-state index contributed by atoms with van der Waals surface area (Å²) in [4.78, 5) is 32.7. The lowest BCUT2D eigenvalue weighted by molar-refractivity contribution is 0.102. The molecule has 1 N–H and O–H groups in total. The van der Waals surface area contributed by atoms with Crippen LogP contribution in [0.15, 0.2) is 58.0 Å². The number of nitrogens with zero attached hydrogens (tertiary/aromatic N) is 3. The Bertz CT molecular complexity index is 2050. The molecule has 0 bridgehead atoms. The fourth-order valence-electron chi connectivity index (χ4n) is 5.63. The molecule has 0 atom stereocenters. The molecule has 3 heterocycles. The van der Waals surface area contributed by atoms with Gasteiger partial charge in [0, 0.05) is 28.9 Å². The molecular weight excluding hydrogens is 625 g/mol. The smallest absolute Gasteiger partial charge is 0.264 e. The van der Waals surface area contributed by atoms with Crippen LogP contribution in [0, 0.1) is 27.7 Å². The summed E-state index contributed by atoms with van der Waals surface area (Å²) in [6, 6.07) is 12.6. The zero-order valence-electron chi connectivity index (χ0n) is 29.6. The van der Waals surface area contributed by atoms with Crippen molar-refractivity contribution in [2.75, 3.05) is 19.5 Å². The molecule has 11 heteroatoms. The van der Waals surface area contributed by atoms with Gasteiger partial charge < -0.3 is 28.3 Å². The summed E-state index contributed by atoms with van der Waals surface area (Å²) in [6.45, 7) is 18.7. The molecule has 10 nitrogen and oxygen atoms in total. The minimum atomic E-state index is -2.09. The summed E-state index contributed by atoms with van der Waals surface area (Å²) in [7, 11) is 1.03. The van der Waals surface area contributed by atoms with Gasteiger partial charge in [-0.3, -0.25) is 14.6 Å². The number of rotatable bonds is 9. The lowest BCUT2D eigenvalue weighted by Crippen LogP contribution is -2.44. The Kier molecular flexibility index (Phi) is 9.29. The number of methoxy groups -OCH3 is 2. The number of carbonyl (C=O) groups excluding carboxylic acids is 1. The standard InChI is InChI=1S/C37H44N4O6Si/c1-21-15-26(16-22(2)34(21)47-48(10,11)37(5,6)7)39-35(42)28-18-25-17-27(33-23(3)40-46-24(33)4)32(45-9)19-30(25)41(36(28)43)20-29-31(44-8)13-12-14-38-29/h12-19H,20H2,1-11H3,(H,39,42). The van der Waals surface area contributed by atoms with Crippen LogP contribution in [0.5, 0.6) is 17.2 Å². The molecule has 0 aliphatic carbocycles. The number of amides is 1. The highest BCUT2D eigenvalue weighted by molar-refractivity contribution is 6.74. The number of aromatic nitrogens is 3. The van der Waals surface area contributed by atoms with Gasteiger partial charge in [0.15, 0.2) is 0 Å². The summed E-state index contributed by atoms with van der Waals surface area (Å²) >= 11 is 0. The van der Waals surface area contributed by atoms with Crippen LogP contribution < -0.4 is 24.8 Å². The van der Waals surface area contributed by atoms with Crippen molar-refractivity contribution < 1.29 is 23.2 Å². The van der Waals surface area contributed by atoms with Gasteiger partial charge in [-0.05, 0) is 93.4 Å². The Morgan fingerprint density at radius 1 is 0.979 bits per heavy atom. The SMILES string of the molecule is COc1cc2c(cc1-c1c(C)noc1C)cc(C(=O)Nc1cc(C)c(O[Si](C)(C)C(C)(C)C)c(C)c1)c(=O)n2Cc1ncccc1OC. The number of pyridine rings is 2. The van der Waals surface area contributed by atoms with Gasteiger partial charge in [-0.15, -0.1) is 0 Å². The third-order valence-corrected chi connectivity index (χ3v) is 13.5. The van der Waals surface area contributed by atoms with Crippen LogP contribution in [0.2, 0.25) is 18.1 Å². The largest absolute Gasteiger partial charge is 0.543 e. The van der Waals surface area contributed by atoms with E-state index in [-0.39, 0.29) is 17.1 Å². The molecule has 0 radical (unpaired) electrons. The number of benzene rings is 2. The van der Waals surface area contributed by atoms with Gasteiger partial charge in [0.25, 0.3) is 19.8 Å². The highest BCUT2D eigenvalue weighted by Gasteiger charge is 2.39. The van der Waals surface area contributed by atoms with Crippen LogP contribution in [0.3, 0.4) is 0 Å². The monoisotopic (exact) mass is 668 g/mol. The van der Waals surface area contributed by atoms with Crippen molar-refractivity contribution in [3.05, 3.63) is 92.9 Å². The maximum absolute atomic E-state index is 14.2. The van der Waals surface area contributed by atoms with E-state index >= 15 is 0 Å². The molecule has 1 amide bonds. The van der Waals surface area contributed by atoms with Crippen LogP contribution in [0.1, 0.15) is 59.4 Å². The number of carbonyl (C=O) groups is 1. The summed E-state index contributed by atoms with van der Waals surface area (Å²) in [5.74, 6) is 1.98. The lowest BCUT2D eigenvalue weighted by Gasteiger charge is -2.37. The molecule has 252 valence electrons. The maximum Gasteiger partial charge on any atom is 0.264 e. The third-order valence-electron chi connectivity index (χ3n) is 9.22. The molecule has 0 spiro atoms. The van der Waals surface area contributed by atoms with Crippen molar-refractivity contribution in [1.82, 2.24) is 14.7 Å². The molecule has 48 heavy (non-hydrogen) atoms. The number of hydrogen-bond acceptors (Lipinski definition) is 8. The van der Waals surface area contributed by atoms with E-state index in [9.17, 15) is 9.59 Å². The molecule has 0 saturated carbocycles. The third kappa shape index (κ3) is 6.46. The van der Waals surface area contributed by atoms with Crippen LogP contribution >= 0.6 is 0 Å². The van der Waals surface area contributed by atoms with Gasteiger partial charge in [-0.25, -0.2) is 0 Å². The minimum Gasteiger partial charge on any atom is -0.543 e. The Balaban J connectivity index is 1.64. The summed E-state index contributed by atoms with van der Waals surface area (Å²) in [5.41, 5.74) is 5.20. The second-order valence-electron chi connectivity index (χ2n) is 13.7. The Morgan fingerprint density at radius 2 is 1.65 bits per heavy atom. The normalized spacial score (nSPS) is 11.9. The molecular formula is C37H44N4O6Si. The number of fused-ring (bicyclic) bond motifs is 1. The van der Waals surface area contributed by atoms with E-state index in [2.05, 4.69) is 49.3 Å². The molecule has 0 saturated heterocycles. The van der Waals surface area contributed by atoms with Crippen molar-refractivity contribution in [3.8, 4) is 28.4 Å². The van der Waals surface area contributed by atoms with Crippen molar-refractivity contribution in [2.45, 2.75) is 73.1 Å². The van der Waals surface area contributed by atoms with E-state index in [0.29, 0.717) is 45.2 Å². The highest BCUT2D eigenvalue weighted by atomic mass is 28.4. The number of ether oxygens (including phenoxy) is 2. The van der Waals surface area contributed by atoms with Crippen molar-refractivity contribution in [2.24, 2.45) is 0 Å². The molecule has 5 aromatic rings. The maximum atomic E-state index is 14.2. The summed E-state index contributed by atoms with van der Waals surface area (Å²) in [5, 5.41) is 7.78. The van der Waals surface area contributed by atoms with Gasteiger partial charge in [0.2, 0.25) is 0 Å². The predicted octanol–water partition coefficient (Wildman–Crippen LogP) is 7.99. The van der Waals surface area contributed by atoms with Crippen molar-refractivity contribution in [3.63, 3.8) is 0 Å². The second-order valence-corrected chi connectivity index (χ2v) is 18.4. The summed E-state index contributed by atoms with van der Waals surface area (Å²) in [6.07, 6.45) is 1.64. The van der Waals surface area contributed by atoms with E-state index in [1.807, 2.05) is 45.9 Å². The molecule has 3 aromatic heterocycles. The average molecular weight is 669 g/mol. The summed E-state index contributed by atoms with van der Waals surface area (Å²) < 4.78 is 25.0. The quantitative estimate of drug-likeness (QED) is 0.157. The Morgan fingerprint density at radius 3 is 2.23 bits per heavy atom. The minimum absolute atomic E-state index is 0.0239. The zero-order chi connectivity index (χ0) is 35.1. The van der Waals surface area contributed by atoms with Gasteiger partial charge in [-0.2, -0.15) is 0 Å². The van der Waals surface area contributed by atoms with Crippen LogP contribution in [0.25, 0.3) is 22.0 Å². The zero-order valence-corrected chi connectivity index (χ0v) is 30.6. The first kappa shape index (κ1) is 34.4. The van der Waals surface area contributed by atoms with Crippen LogP contribution in [-0.2, 0) is 6.54 Å². The molecule has 5 rings (SSSR count). The first-order chi connectivity index (χ1) is 22.6. The Labute approximate surface area is 282 Å². The van der Waals surface area contributed by atoms with E-state index in [1.54, 1.807) is 44.7 Å². The fraction of sp³-hybridized carbons (Fsp3) is 0.351. The number of aryl methyl sites for hydroxylation is 4. The van der Waals surface area contributed by atoms with E-state index < -0.39 is 19.8 Å². The highest BCUT2D eigenvalue weighted by Crippen LogP contribution is 2.40. The first-order valence-electron chi connectivity index (χ1n) is 15.8. The van der Waals surface area contributed by atoms with Crippen molar-refractivity contribution >= 4 is 30.8 Å². The van der Waals surface area contributed by atoms with Gasteiger partial charge in [0.1, 0.15) is 34.3 Å².